The predicted molar refractivity (Wildman–Crippen MR) is 61.7 cm³/mol. The van der Waals surface area contributed by atoms with Gasteiger partial charge in [-0.15, -0.1) is 0 Å². The smallest absolute Gasteiger partial charge is 0.245 e. The third-order valence-corrected chi connectivity index (χ3v) is 2.02. The Balaban J connectivity index is 4.50. The lowest BCUT2D eigenvalue weighted by Crippen LogP contribution is -2.54. The maximum atomic E-state index is 11.7. The first-order valence-electron chi connectivity index (χ1n) is 5.54. The lowest BCUT2D eigenvalue weighted by Gasteiger charge is -2.22. The van der Waals surface area contributed by atoms with E-state index in [-0.39, 0.29) is 23.8 Å². The van der Waals surface area contributed by atoms with E-state index in [0.717, 1.165) is 0 Å². The van der Waals surface area contributed by atoms with Gasteiger partial charge in [0, 0.05) is 12.0 Å². The highest BCUT2D eigenvalue weighted by atomic mass is 16.3. The van der Waals surface area contributed by atoms with E-state index in [1.54, 1.807) is 13.8 Å². The van der Waals surface area contributed by atoms with Gasteiger partial charge in [-0.25, -0.2) is 0 Å². The van der Waals surface area contributed by atoms with Crippen molar-refractivity contribution >= 4 is 11.8 Å². The second kappa shape index (κ2) is 6.48. The Hall–Kier alpha value is -1.10. The number of hydrogen-bond acceptors (Lipinski definition) is 3. The maximum absolute atomic E-state index is 11.7. The highest BCUT2D eigenvalue weighted by molar-refractivity contribution is 5.88. The molecule has 5 nitrogen and oxygen atoms in total. The van der Waals surface area contributed by atoms with Gasteiger partial charge in [-0.2, -0.15) is 0 Å². The van der Waals surface area contributed by atoms with Crippen LogP contribution < -0.4 is 10.6 Å². The molecule has 0 spiro atoms. The summed E-state index contributed by atoms with van der Waals surface area (Å²) in [5.74, 6) is -0.822. The fourth-order valence-electron chi connectivity index (χ4n) is 1.10. The molecular weight excluding hydrogens is 208 g/mol. The molecule has 0 aliphatic heterocycles. The average Bonchev–Trinajstić information content (AvgIpc) is 2.11. The first-order chi connectivity index (χ1) is 7.25. The Bertz CT molecular complexity index is 250. The minimum absolute atomic E-state index is 0.0234. The van der Waals surface area contributed by atoms with Crippen LogP contribution in [0.1, 0.15) is 34.6 Å². The lowest BCUT2D eigenvalue weighted by molar-refractivity contribution is -0.133. The van der Waals surface area contributed by atoms with Gasteiger partial charge in [-0.05, 0) is 20.8 Å². The lowest BCUT2D eigenvalue weighted by atomic mass is 10.1. The fraction of sp³-hybridized carbons (Fsp3) is 0.818. The van der Waals surface area contributed by atoms with E-state index in [9.17, 15) is 14.7 Å². The summed E-state index contributed by atoms with van der Waals surface area (Å²) in [6.45, 7) is 8.58. The minimum atomic E-state index is -0.915. The monoisotopic (exact) mass is 230 g/mol. The molecule has 0 bridgehead atoms. The Morgan fingerprint density at radius 1 is 0.938 bits per heavy atom. The molecule has 0 aromatic heterocycles. The molecule has 0 heterocycles. The van der Waals surface area contributed by atoms with Crippen molar-refractivity contribution in [2.24, 2.45) is 5.92 Å². The minimum Gasteiger partial charge on any atom is -0.391 e. The van der Waals surface area contributed by atoms with Crippen molar-refractivity contribution in [2.75, 3.05) is 0 Å². The standard InChI is InChI=1S/C11H22N2O3/c1-6(2)10(15)13-9(8(5)14)11(16)12-7(3)4/h6-9,14H,1-5H3,(H,12,16)(H,13,15). The van der Waals surface area contributed by atoms with E-state index in [4.69, 9.17) is 0 Å². The third kappa shape index (κ3) is 5.11. The molecule has 0 saturated heterocycles. The number of rotatable bonds is 5. The summed E-state index contributed by atoms with van der Waals surface area (Å²) in [5.41, 5.74) is 0. The highest BCUT2D eigenvalue weighted by Crippen LogP contribution is 1.98. The van der Waals surface area contributed by atoms with Crippen LogP contribution in [0.15, 0.2) is 0 Å². The predicted octanol–water partition coefficient (Wildman–Crippen LogP) is 0.0326. The topological polar surface area (TPSA) is 78.4 Å². The van der Waals surface area contributed by atoms with Crippen LogP contribution in [0, 0.1) is 5.92 Å². The summed E-state index contributed by atoms with van der Waals surface area (Å²) in [6, 6.07) is -0.915. The number of aliphatic hydroxyl groups is 1. The van der Waals surface area contributed by atoms with Crippen LogP contribution in [0.5, 0.6) is 0 Å². The van der Waals surface area contributed by atoms with Crippen LogP contribution in [-0.2, 0) is 9.59 Å². The molecule has 0 aliphatic rings. The summed E-state index contributed by atoms with van der Waals surface area (Å²) >= 11 is 0. The van der Waals surface area contributed by atoms with Gasteiger partial charge in [0.1, 0.15) is 6.04 Å². The van der Waals surface area contributed by atoms with Gasteiger partial charge in [0.2, 0.25) is 11.8 Å². The molecule has 2 amide bonds. The van der Waals surface area contributed by atoms with Gasteiger partial charge in [-0.1, -0.05) is 13.8 Å². The highest BCUT2D eigenvalue weighted by Gasteiger charge is 2.26. The number of nitrogens with one attached hydrogen (secondary N) is 2. The first-order valence-corrected chi connectivity index (χ1v) is 5.54. The molecule has 16 heavy (non-hydrogen) atoms. The zero-order valence-electron chi connectivity index (χ0n) is 10.6. The van der Waals surface area contributed by atoms with Crippen molar-refractivity contribution in [3.8, 4) is 0 Å². The largest absolute Gasteiger partial charge is 0.391 e. The van der Waals surface area contributed by atoms with Gasteiger partial charge in [0.05, 0.1) is 6.10 Å². The summed E-state index contributed by atoms with van der Waals surface area (Å²) in [5, 5.41) is 14.6. The summed E-state index contributed by atoms with van der Waals surface area (Å²) in [7, 11) is 0. The molecule has 0 aromatic rings. The zero-order valence-corrected chi connectivity index (χ0v) is 10.6. The zero-order chi connectivity index (χ0) is 12.9. The quantitative estimate of drug-likeness (QED) is 0.623. The molecular formula is C11H22N2O3. The van der Waals surface area contributed by atoms with Gasteiger partial charge >= 0.3 is 0 Å². The first kappa shape index (κ1) is 14.9. The second-order valence-corrected chi connectivity index (χ2v) is 4.54. The molecule has 2 unspecified atom stereocenters. The molecule has 94 valence electrons. The number of amides is 2. The van der Waals surface area contributed by atoms with Crippen LogP contribution in [0.2, 0.25) is 0 Å². The molecule has 5 heteroatoms. The van der Waals surface area contributed by atoms with Gasteiger partial charge < -0.3 is 15.7 Å². The van der Waals surface area contributed by atoms with E-state index >= 15 is 0 Å². The van der Waals surface area contributed by atoms with Crippen molar-refractivity contribution in [2.45, 2.75) is 52.8 Å². The second-order valence-electron chi connectivity index (χ2n) is 4.54. The SMILES string of the molecule is CC(C)NC(=O)C(NC(=O)C(C)C)C(C)O. The average molecular weight is 230 g/mol. The van der Waals surface area contributed by atoms with Crippen LogP contribution in [0.4, 0.5) is 0 Å². The summed E-state index contributed by atoms with van der Waals surface area (Å²) in [4.78, 5) is 23.1. The number of hydrogen-bond donors (Lipinski definition) is 3. The normalized spacial score (nSPS) is 14.8. The molecule has 0 aliphatic carbocycles. The van der Waals surface area contributed by atoms with E-state index in [1.165, 1.54) is 6.92 Å². The Morgan fingerprint density at radius 2 is 1.44 bits per heavy atom. The summed E-state index contributed by atoms with van der Waals surface area (Å²) in [6.07, 6.45) is -0.915. The van der Waals surface area contributed by atoms with Gasteiger partial charge in [0.15, 0.2) is 0 Å². The number of carbonyl (C=O) groups excluding carboxylic acids is 2. The van der Waals surface area contributed by atoms with Crippen LogP contribution in [0.25, 0.3) is 0 Å². The van der Waals surface area contributed by atoms with Crippen molar-refractivity contribution < 1.29 is 14.7 Å². The van der Waals surface area contributed by atoms with Crippen molar-refractivity contribution in [1.82, 2.24) is 10.6 Å². The molecule has 0 fully saturated rings. The maximum Gasteiger partial charge on any atom is 0.245 e. The number of carbonyl (C=O) groups is 2. The van der Waals surface area contributed by atoms with Gasteiger partial charge in [-0.3, -0.25) is 9.59 Å². The van der Waals surface area contributed by atoms with Crippen molar-refractivity contribution in [1.29, 1.82) is 0 Å². The molecule has 3 N–H and O–H groups in total. The van der Waals surface area contributed by atoms with Crippen molar-refractivity contribution in [3.63, 3.8) is 0 Å². The molecule has 0 saturated carbocycles. The van der Waals surface area contributed by atoms with Crippen LogP contribution in [-0.4, -0.2) is 35.1 Å². The van der Waals surface area contributed by atoms with E-state index in [1.807, 2.05) is 13.8 Å². The molecule has 0 rings (SSSR count). The van der Waals surface area contributed by atoms with Gasteiger partial charge in [0.25, 0.3) is 0 Å². The van der Waals surface area contributed by atoms with E-state index in [2.05, 4.69) is 10.6 Å². The van der Waals surface area contributed by atoms with E-state index in [0.29, 0.717) is 0 Å². The number of aliphatic hydroxyl groups excluding tert-OH is 1. The Morgan fingerprint density at radius 3 is 1.75 bits per heavy atom. The van der Waals surface area contributed by atoms with Crippen LogP contribution in [0.3, 0.4) is 0 Å². The molecule has 0 radical (unpaired) electrons. The summed E-state index contributed by atoms with van der Waals surface area (Å²) < 4.78 is 0. The van der Waals surface area contributed by atoms with Crippen LogP contribution >= 0.6 is 0 Å². The third-order valence-electron chi connectivity index (χ3n) is 2.02. The molecule has 0 aromatic carbocycles. The Labute approximate surface area is 96.6 Å². The van der Waals surface area contributed by atoms with Crippen molar-refractivity contribution in [3.05, 3.63) is 0 Å². The Kier molecular flexibility index (Phi) is 6.03. The molecule has 2 atom stereocenters. The fourth-order valence-corrected chi connectivity index (χ4v) is 1.10. The van der Waals surface area contributed by atoms with E-state index < -0.39 is 12.1 Å².